The topological polar surface area (TPSA) is 41.6 Å². The molecule has 0 atom stereocenters. The SMILES string of the molecule is COc1ccc(C(C)(C)NC(=O)N2CCC(C)CC2)cc1. The van der Waals surface area contributed by atoms with Crippen LogP contribution in [0, 0.1) is 5.92 Å². The van der Waals surface area contributed by atoms with Crippen LogP contribution in [0.3, 0.4) is 0 Å². The summed E-state index contributed by atoms with van der Waals surface area (Å²) in [5, 5.41) is 3.14. The van der Waals surface area contributed by atoms with Crippen molar-refractivity contribution in [2.24, 2.45) is 5.92 Å². The third kappa shape index (κ3) is 3.90. The number of likely N-dealkylation sites (tertiary alicyclic amines) is 1. The molecule has 1 aromatic carbocycles. The van der Waals surface area contributed by atoms with E-state index in [9.17, 15) is 4.79 Å². The molecular formula is C17H26N2O2. The average Bonchev–Trinajstić information content (AvgIpc) is 2.47. The number of nitrogens with one attached hydrogen (secondary N) is 1. The van der Waals surface area contributed by atoms with E-state index >= 15 is 0 Å². The zero-order valence-electron chi connectivity index (χ0n) is 13.5. The highest BCUT2D eigenvalue weighted by molar-refractivity contribution is 5.75. The van der Waals surface area contributed by atoms with E-state index in [2.05, 4.69) is 12.2 Å². The van der Waals surface area contributed by atoms with Crippen molar-refractivity contribution >= 4 is 6.03 Å². The van der Waals surface area contributed by atoms with Gasteiger partial charge < -0.3 is 15.0 Å². The molecule has 0 spiro atoms. The Kier molecular flexibility index (Phi) is 4.76. The first-order valence-electron chi connectivity index (χ1n) is 7.64. The fourth-order valence-corrected chi connectivity index (χ4v) is 2.64. The number of carbonyl (C=O) groups excluding carboxylic acids is 1. The van der Waals surface area contributed by atoms with E-state index in [1.807, 2.05) is 43.0 Å². The predicted octanol–water partition coefficient (Wildman–Crippen LogP) is 3.37. The molecule has 0 saturated carbocycles. The van der Waals surface area contributed by atoms with Gasteiger partial charge in [-0.05, 0) is 50.3 Å². The molecule has 2 amide bonds. The maximum atomic E-state index is 12.4. The summed E-state index contributed by atoms with van der Waals surface area (Å²) in [6, 6.07) is 7.87. The monoisotopic (exact) mass is 290 g/mol. The first-order chi connectivity index (χ1) is 9.92. The van der Waals surface area contributed by atoms with Gasteiger partial charge in [0, 0.05) is 13.1 Å². The summed E-state index contributed by atoms with van der Waals surface area (Å²) in [6.07, 6.45) is 2.19. The normalized spacial score (nSPS) is 16.7. The number of amides is 2. The minimum absolute atomic E-state index is 0.0303. The average molecular weight is 290 g/mol. The fourth-order valence-electron chi connectivity index (χ4n) is 2.64. The molecule has 1 aliphatic heterocycles. The largest absolute Gasteiger partial charge is 0.497 e. The number of hydrogen-bond donors (Lipinski definition) is 1. The van der Waals surface area contributed by atoms with Crippen molar-refractivity contribution in [3.8, 4) is 5.75 Å². The Balaban J connectivity index is 2.00. The van der Waals surface area contributed by atoms with Crippen LogP contribution in [0.5, 0.6) is 5.75 Å². The molecule has 1 heterocycles. The van der Waals surface area contributed by atoms with Crippen LogP contribution in [0.15, 0.2) is 24.3 Å². The lowest BCUT2D eigenvalue weighted by Gasteiger charge is -2.34. The molecule has 0 radical (unpaired) electrons. The third-order valence-electron chi connectivity index (χ3n) is 4.30. The predicted molar refractivity (Wildman–Crippen MR) is 84.5 cm³/mol. The van der Waals surface area contributed by atoms with Gasteiger partial charge >= 0.3 is 6.03 Å². The van der Waals surface area contributed by atoms with Crippen molar-refractivity contribution in [1.29, 1.82) is 0 Å². The van der Waals surface area contributed by atoms with Crippen LogP contribution >= 0.6 is 0 Å². The lowest BCUT2D eigenvalue weighted by atomic mass is 9.94. The molecule has 4 nitrogen and oxygen atoms in total. The number of nitrogens with zero attached hydrogens (tertiary/aromatic N) is 1. The van der Waals surface area contributed by atoms with E-state index in [4.69, 9.17) is 4.74 Å². The molecule has 0 aromatic heterocycles. The molecule has 116 valence electrons. The first-order valence-corrected chi connectivity index (χ1v) is 7.64. The molecule has 4 heteroatoms. The van der Waals surface area contributed by atoms with Crippen LogP contribution in [0.4, 0.5) is 4.79 Å². The summed E-state index contributed by atoms with van der Waals surface area (Å²) in [4.78, 5) is 14.3. The van der Waals surface area contributed by atoms with Crippen LogP contribution in [-0.4, -0.2) is 31.1 Å². The highest BCUT2D eigenvalue weighted by Crippen LogP contribution is 2.24. The van der Waals surface area contributed by atoms with Gasteiger partial charge in [-0.15, -0.1) is 0 Å². The second kappa shape index (κ2) is 6.37. The number of ether oxygens (including phenoxy) is 1. The van der Waals surface area contributed by atoms with Crippen molar-refractivity contribution in [2.45, 2.75) is 39.2 Å². The standard InChI is InChI=1S/C17H26N2O2/c1-13-9-11-19(12-10-13)16(20)18-17(2,3)14-5-7-15(21-4)8-6-14/h5-8,13H,9-12H2,1-4H3,(H,18,20). The van der Waals surface area contributed by atoms with Crippen molar-refractivity contribution < 1.29 is 9.53 Å². The van der Waals surface area contributed by atoms with Gasteiger partial charge in [-0.1, -0.05) is 19.1 Å². The van der Waals surface area contributed by atoms with Crippen LogP contribution in [0.25, 0.3) is 0 Å². The number of hydrogen-bond acceptors (Lipinski definition) is 2. The van der Waals surface area contributed by atoms with Gasteiger partial charge in [0.25, 0.3) is 0 Å². The molecular weight excluding hydrogens is 264 g/mol. The summed E-state index contributed by atoms with van der Waals surface area (Å²) >= 11 is 0. The molecule has 21 heavy (non-hydrogen) atoms. The van der Waals surface area contributed by atoms with Crippen LogP contribution in [0.2, 0.25) is 0 Å². The van der Waals surface area contributed by atoms with E-state index < -0.39 is 5.54 Å². The number of rotatable bonds is 3. The van der Waals surface area contributed by atoms with Gasteiger partial charge in [0.05, 0.1) is 12.6 Å². The highest BCUT2D eigenvalue weighted by Gasteiger charge is 2.27. The Morgan fingerprint density at radius 2 is 1.81 bits per heavy atom. The van der Waals surface area contributed by atoms with Crippen LogP contribution in [0.1, 0.15) is 39.2 Å². The minimum atomic E-state index is -0.396. The summed E-state index contributed by atoms with van der Waals surface area (Å²) in [5.41, 5.74) is 0.675. The van der Waals surface area contributed by atoms with Crippen LogP contribution in [-0.2, 0) is 5.54 Å². The molecule has 0 bridgehead atoms. The summed E-state index contributed by atoms with van der Waals surface area (Å²) < 4.78 is 5.17. The van der Waals surface area contributed by atoms with E-state index in [0.29, 0.717) is 0 Å². The number of piperidine rings is 1. The molecule has 1 aliphatic rings. The third-order valence-corrected chi connectivity index (χ3v) is 4.30. The van der Waals surface area contributed by atoms with Crippen molar-refractivity contribution in [3.63, 3.8) is 0 Å². The summed E-state index contributed by atoms with van der Waals surface area (Å²) in [5.74, 6) is 1.55. The molecule has 1 N–H and O–H groups in total. The van der Waals surface area contributed by atoms with Gasteiger partial charge in [-0.25, -0.2) is 4.79 Å². The Hall–Kier alpha value is -1.71. The van der Waals surface area contributed by atoms with Crippen molar-refractivity contribution in [2.75, 3.05) is 20.2 Å². The Morgan fingerprint density at radius 3 is 2.33 bits per heavy atom. The Labute approximate surface area is 127 Å². The number of benzene rings is 1. The van der Waals surface area contributed by atoms with Gasteiger partial charge in [-0.2, -0.15) is 0 Å². The molecule has 2 rings (SSSR count). The van der Waals surface area contributed by atoms with Gasteiger partial charge in [0.15, 0.2) is 0 Å². The van der Waals surface area contributed by atoms with Gasteiger partial charge in [0.1, 0.15) is 5.75 Å². The molecule has 0 unspecified atom stereocenters. The summed E-state index contributed by atoms with van der Waals surface area (Å²) in [7, 11) is 1.65. The van der Waals surface area contributed by atoms with Crippen molar-refractivity contribution in [3.05, 3.63) is 29.8 Å². The second-order valence-electron chi connectivity index (χ2n) is 6.45. The smallest absolute Gasteiger partial charge is 0.318 e. The number of methoxy groups -OCH3 is 1. The molecule has 1 aromatic rings. The van der Waals surface area contributed by atoms with Crippen LogP contribution < -0.4 is 10.1 Å². The van der Waals surface area contributed by atoms with E-state index in [0.717, 1.165) is 43.2 Å². The number of carbonyl (C=O) groups is 1. The fraction of sp³-hybridized carbons (Fsp3) is 0.588. The number of urea groups is 1. The lowest BCUT2D eigenvalue weighted by Crippen LogP contribution is -2.50. The summed E-state index contributed by atoms with van der Waals surface area (Å²) in [6.45, 7) is 8.01. The maximum Gasteiger partial charge on any atom is 0.318 e. The van der Waals surface area contributed by atoms with Gasteiger partial charge in [0.2, 0.25) is 0 Å². The lowest BCUT2D eigenvalue weighted by molar-refractivity contribution is 0.164. The Morgan fingerprint density at radius 1 is 1.24 bits per heavy atom. The maximum absolute atomic E-state index is 12.4. The van der Waals surface area contributed by atoms with Crippen molar-refractivity contribution in [1.82, 2.24) is 10.2 Å². The molecule has 1 saturated heterocycles. The zero-order valence-corrected chi connectivity index (χ0v) is 13.5. The minimum Gasteiger partial charge on any atom is -0.497 e. The molecule has 0 aliphatic carbocycles. The zero-order chi connectivity index (χ0) is 15.5. The van der Waals surface area contributed by atoms with E-state index in [1.165, 1.54) is 0 Å². The quantitative estimate of drug-likeness (QED) is 0.927. The Bertz CT molecular complexity index is 474. The first kappa shape index (κ1) is 15.7. The van der Waals surface area contributed by atoms with E-state index in [-0.39, 0.29) is 6.03 Å². The van der Waals surface area contributed by atoms with E-state index in [1.54, 1.807) is 7.11 Å². The second-order valence-corrected chi connectivity index (χ2v) is 6.45. The van der Waals surface area contributed by atoms with Gasteiger partial charge in [-0.3, -0.25) is 0 Å². The highest BCUT2D eigenvalue weighted by atomic mass is 16.5. The molecule has 1 fully saturated rings.